The average molecular weight is 291 g/mol. The summed E-state index contributed by atoms with van der Waals surface area (Å²) in [6, 6.07) is 7.53. The summed E-state index contributed by atoms with van der Waals surface area (Å²) in [5.41, 5.74) is -0.00957. The van der Waals surface area contributed by atoms with Crippen LogP contribution in [0, 0.1) is 0 Å². The molecule has 2 aliphatic heterocycles. The van der Waals surface area contributed by atoms with Gasteiger partial charge in [0.1, 0.15) is 11.2 Å². The fourth-order valence-corrected chi connectivity index (χ4v) is 3.22. The molecule has 0 amide bonds. The molecule has 3 rings (SSSR count). The Morgan fingerprint density at radius 3 is 2.76 bits per heavy atom. The molecule has 5 nitrogen and oxygen atoms in total. The van der Waals surface area contributed by atoms with Crippen molar-refractivity contribution < 1.29 is 19.4 Å². The molecule has 0 spiro atoms. The molecule has 0 aromatic heterocycles. The van der Waals surface area contributed by atoms with E-state index in [1.807, 2.05) is 24.3 Å². The number of ether oxygens (including phenoxy) is 2. The third-order valence-electron chi connectivity index (χ3n) is 4.56. The molecule has 1 saturated heterocycles. The highest BCUT2D eigenvalue weighted by atomic mass is 16.5. The van der Waals surface area contributed by atoms with Crippen LogP contribution >= 0.6 is 0 Å². The van der Waals surface area contributed by atoms with Crippen LogP contribution < -0.4 is 4.74 Å². The van der Waals surface area contributed by atoms with Gasteiger partial charge in [-0.3, -0.25) is 9.69 Å². The first kappa shape index (κ1) is 14.4. The van der Waals surface area contributed by atoms with Gasteiger partial charge in [-0.1, -0.05) is 18.2 Å². The second kappa shape index (κ2) is 6.03. The maximum atomic E-state index is 12.0. The van der Waals surface area contributed by atoms with Gasteiger partial charge in [0.2, 0.25) is 0 Å². The molecule has 0 bridgehead atoms. The fraction of sp³-hybridized carbons (Fsp3) is 0.562. The standard InChI is InChI=1S/C16H21NO4/c18-15(19)16(5-7-17-8-11-20-12-9-17)6-10-21-14-4-2-1-3-13(14)16/h1-4H,5-12H2,(H,18,19). The topological polar surface area (TPSA) is 59.0 Å². The molecule has 1 aromatic carbocycles. The Labute approximate surface area is 124 Å². The van der Waals surface area contributed by atoms with Crippen LogP contribution in [0.3, 0.4) is 0 Å². The van der Waals surface area contributed by atoms with E-state index in [1.165, 1.54) is 0 Å². The van der Waals surface area contributed by atoms with Gasteiger partial charge in [-0.2, -0.15) is 0 Å². The van der Waals surface area contributed by atoms with Crippen LogP contribution in [0.25, 0.3) is 0 Å². The molecular weight excluding hydrogens is 270 g/mol. The zero-order valence-electron chi connectivity index (χ0n) is 12.1. The summed E-state index contributed by atoms with van der Waals surface area (Å²) in [4.78, 5) is 14.3. The van der Waals surface area contributed by atoms with Crippen molar-refractivity contribution in [3.63, 3.8) is 0 Å². The Hall–Kier alpha value is -1.59. The summed E-state index contributed by atoms with van der Waals surface area (Å²) in [5.74, 6) is -0.0281. The molecule has 0 radical (unpaired) electrons. The van der Waals surface area contributed by atoms with E-state index in [-0.39, 0.29) is 0 Å². The SMILES string of the molecule is O=C(O)C1(CCN2CCOCC2)CCOc2ccccc21. The summed E-state index contributed by atoms with van der Waals surface area (Å²) in [6.07, 6.45) is 1.15. The Morgan fingerprint density at radius 2 is 2.00 bits per heavy atom. The maximum absolute atomic E-state index is 12.0. The molecule has 1 fully saturated rings. The van der Waals surface area contributed by atoms with Crippen LogP contribution in [0.1, 0.15) is 18.4 Å². The van der Waals surface area contributed by atoms with Gasteiger partial charge in [-0.05, 0) is 19.0 Å². The molecule has 1 aromatic rings. The van der Waals surface area contributed by atoms with E-state index in [0.717, 1.165) is 38.4 Å². The van der Waals surface area contributed by atoms with Crippen LogP contribution in [0.15, 0.2) is 24.3 Å². The van der Waals surface area contributed by atoms with Crippen molar-refractivity contribution in [1.82, 2.24) is 4.90 Å². The minimum absolute atomic E-state index is 0.465. The lowest BCUT2D eigenvalue weighted by atomic mass is 9.73. The summed E-state index contributed by atoms with van der Waals surface area (Å²) in [7, 11) is 0. The zero-order chi connectivity index (χ0) is 14.7. The van der Waals surface area contributed by atoms with E-state index in [0.29, 0.717) is 25.2 Å². The van der Waals surface area contributed by atoms with Gasteiger partial charge in [0.05, 0.1) is 19.8 Å². The van der Waals surface area contributed by atoms with Crippen LogP contribution in [-0.2, 0) is 14.9 Å². The third-order valence-corrected chi connectivity index (χ3v) is 4.56. The highest BCUT2D eigenvalue weighted by molar-refractivity contribution is 5.83. The molecule has 0 saturated carbocycles. The highest BCUT2D eigenvalue weighted by Gasteiger charge is 2.44. The highest BCUT2D eigenvalue weighted by Crippen LogP contribution is 2.41. The number of carboxylic acid groups (broad SMARTS) is 1. The fourth-order valence-electron chi connectivity index (χ4n) is 3.22. The third kappa shape index (κ3) is 2.76. The number of carbonyl (C=O) groups is 1. The Morgan fingerprint density at radius 1 is 1.24 bits per heavy atom. The van der Waals surface area contributed by atoms with Gasteiger partial charge >= 0.3 is 5.97 Å². The van der Waals surface area contributed by atoms with Crippen molar-refractivity contribution in [2.24, 2.45) is 0 Å². The van der Waals surface area contributed by atoms with Crippen LogP contribution in [-0.4, -0.2) is 55.4 Å². The minimum atomic E-state index is -0.826. The number of carboxylic acids is 1. The van der Waals surface area contributed by atoms with Crippen molar-refractivity contribution in [3.05, 3.63) is 29.8 Å². The molecule has 1 N–H and O–H groups in total. The molecule has 5 heteroatoms. The largest absolute Gasteiger partial charge is 0.493 e. The van der Waals surface area contributed by atoms with Crippen LogP contribution in [0.5, 0.6) is 5.75 Å². The lowest BCUT2D eigenvalue weighted by molar-refractivity contribution is -0.145. The minimum Gasteiger partial charge on any atom is -0.493 e. The number of hydrogen-bond acceptors (Lipinski definition) is 4. The second-order valence-corrected chi connectivity index (χ2v) is 5.69. The number of morpholine rings is 1. The molecule has 2 heterocycles. The molecule has 1 atom stereocenters. The molecule has 0 aliphatic carbocycles. The van der Waals surface area contributed by atoms with E-state index in [1.54, 1.807) is 0 Å². The van der Waals surface area contributed by atoms with E-state index in [9.17, 15) is 9.90 Å². The van der Waals surface area contributed by atoms with Gasteiger partial charge in [-0.15, -0.1) is 0 Å². The average Bonchev–Trinajstić information content (AvgIpc) is 2.53. The molecule has 114 valence electrons. The Bertz CT molecular complexity index is 513. The van der Waals surface area contributed by atoms with Crippen molar-refractivity contribution >= 4 is 5.97 Å². The normalized spacial score (nSPS) is 25.9. The van der Waals surface area contributed by atoms with Crippen molar-refractivity contribution in [1.29, 1.82) is 0 Å². The predicted octanol–water partition coefficient (Wildman–Crippen LogP) is 1.51. The number of benzene rings is 1. The predicted molar refractivity (Wildman–Crippen MR) is 77.7 cm³/mol. The lowest BCUT2D eigenvalue weighted by Gasteiger charge is -2.37. The van der Waals surface area contributed by atoms with Crippen molar-refractivity contribution in [2.45, 2.75) is 18.3 Å². The van der Waals surface area contributed by atoms with Crippen LogP contribution in [0.2, 0.25) is 0 Å². The molecule has 1 unspecified atom stereocenters. The number of para-hydroxylation sites is 1. The monoisotopic (exact) mass is 291 g/mol. The summed E-state index contributed by atoms with van der Waals surface area (Å²) in [5, 5.41) is 9.87. The van der Waals surface area contributed by atoms with E-state index in [4.69, 9.17) is 9.47 Å². The number of aliphatic carboxylic acids is 1. The summed E-state index contributed by atoms with van der Waals surface area (Å²) < 4.78 is 11.0. The van der Waals surface area contributed by atoms with Gasteiger partial charge in [0.15, 0.2) is 0 Å². The van der Waals surface area contributed by atoms with Gasteiger partial charge in [0, 0.05) is 25.1 Å². The summed E-state index contributed by atoms with van der Waals surface area (Å²) in [6.45, 7) is 4.48. The maximum Gasteiger partial charge on any atom is 0.314 e. The lowest BCUT2D eigenvalue weighted by Crippen LogP contribution is -2.45. The number of nitrogens with zero attached hydrogens (tertiary/aromatic N) is 1. The van der Waals surface area contributed by atoms with Gasteiger partial charge < -0.3 is 14.6 Å². The number of fused-ring (bicyclic) bond motifs is 1. The van der Waals surface area contributed by atoms with Gasteiger partial charge in [-0.25, -0.2) is 0 Å². The quantitative estimate of drug-likeness (QED) is 0.911. The molecule has 21 heavy (non-hydrogen) atoms. The second-order valence-electron chi connectivity index (χ2n) is 5.69. The first-order chi connectivity index (χ1) is 10.2. The Balaban J connectivity index is 1.82. The Kier molecular flexibility index (Phi) is 4.12. The van der Waals surface area contributed by atoms with E-state index >= 15 is 0 Å². The van der Waals surface area contributed by atoms with E-state index in [2.05, 4.69) is 4.90 Å². The first-order valence-electron chi connectivity index (χ1n) is 7.48. The number of rotatable bonds is 4. The number of hydrogen-bond donors (Lipinski definition) is 1. The first-order valence-corrected chi connectivity index (χ1v) is 7.48. The van der Waals surface area contributed by atoms with Crippen molar-refractivity contribution in [2.75, 3.05) is 39.5 Å². The smallest absolute Gasteiger partial charge is 0.314 e. The zero-order valence-corrected chi connectivity index (χ0v) is 12.1. The summed E-state index contributed by atoms with van der Waals surface area (Å²) >= 11 is 0. The molecule has 2 aliphatic rings. The van der Waals surface area contributed by atoms with E-state index < -0.39 is 11.4 Å². The van der Waals surface area contributed by atoms with Crippen molar-refractivity contribution in [3.8, 4) is 5.75 Å². The van der Waals surface area contributed by atoms with Crippen LogP contribution in [0.4, 0.5) is 0 Å². The molecular formula is C16H21NO4. The van der Waals surface area contributed by atoms with Gasteiger partial charge in [0.25, 0.3) is 0 Å².